The van der Waals surface area contributed by atoms with Crippen LogP contribution in [0, 0.1) is 20.8 Å². The molecule has 0 radical (unpaired) electrons. The zero-order chi connectivity index (χ0) is 17.9. The Morgan fingerprint density at radius 1 is 1.08 bits per heavy atom. The first kappa shape index (κ1) is 18.0. The fraction of sp³-hybridized carbons (Fsp3) is 0.222. The SMILES string of the molecule is Cc1cc(C)c(NC(=O)CNC(=O)c2ccc(Br)cc2O)c(C)c1. The molecule has 0 bridgehead atoms. The van der Waals surface area contributed by atoms with Gasteiger partial charge in [0.15, 0.2) is 0 Å². The molecule has 0 saturated carbocycles. The summed E-state index contributed by atoms with van der Waals surface area (Å²) in [5.74, 6) is -0.977. The van der Waals surface area contributed by atoms with Gasteiger partial charge in [0.05, 0.1) is 12.1 Å². The molecular formula is C18H19BrN2O3. The number of rotatable bonds is 4. The number of aryl methyl sites for hydroxylation is 3. The minimum absolute atomic E-state index is 0.119. The molecule has 0 saturated heterocycles. The molecule has 6 heteroatoms. The van der Waals surface area contributed by atoms with Crippen LogP contribution in [0.25, 0.3) is 0 Å². The second-order valence-corrected chi connectivity index (χ2v) is 6.58. The first-order valence-electron chi connectivity index (χ1n) is 7.42. The van der Waals surface area contributed by atoms with Crippen LogP contribution < -0.4 is 10.6 Å². The Kier molecular flexibility index (Phi) is 5.62. The van der Waals surface area contributed by atoms with Crippen molar-refractivity contribution in [3.63, 3.8) is 0 Å². The predicted molar refractivity (Wildman–Crippen MR) is 97.4 cm³/mol. The molecular weight excluding hydrogens is 372 g/mol. The number of nitrogens with one attached hydrogen (secondary N) is 2. The molecule has 0 aliphatic carbocycles. The van der Waals surface area contributed by atoms with Crippen molar-refractivity contribution in [1.29, 1.82) is 0 Å². The number of aromatic hydroxyl groups is 1. The zero-order valence-electron chi connectivity index (χ0n) is 13.7. The van der Waals surface area contributed by atoms with Crippen molar-refractivity contribution in [1.82, 2.24) is 5.32 Å². The van der Waals surface area contributed by atoms with Crippen molar-refractivity contribution in [2.24, 2.45) is 0 Å². The molecule has 0 aliphatic heterocycles. The molecule has 0 atom stereocenters. The van der Waals surface area contributed by atoms with Gasteiger partial charge in [-0.15, -0.1) is 0 Å². The molecule has 2 aromatic rings. The normalized spacial score (nSPS) is 10.3. The van der Waals surface area contributed by atoms with Crippen molar-refractivity contribution < 1.29 is 14.7 Å². The van der Waals surface area contributed by atoms with Crippen LogP contribution in [-0.2, 0) is 4.79 Å². The van der Waals surface area contributed by atoms with Crippen molar-refractivity contribution in [3.8, 4) is 5.75 Å². The average Bonchev–Trinajstić information content (AvgIpc) is 2.48. The van der Waals surface area contributed by atoms with Crippen LogP contribution in [0.3, 0.4) is 0 Å². The molecule has 2 aromatic carbocycles. The summed E-state index contributed by atoms with van der Waals surface area (Å²) in [6, 6.07) is 8.53. The maximum Gasteiger partial charge on any atom is 0.255 e. The van der Waals surface area contributed by atoms with Gasteiger partial charge in [-0.25, -0.2) is 0 Å². The van der Waals surface area contributed by atoms with E-state index in [9.17, 15) is 14.7 Å². The van der Waals surface area contributed by atoms with E-state index in [1.54, 1.807) is 6.07 Å². The minimum atomic E-state index is -0.507. The van der Waals surface area contributed by atoms with Gasteiger partial charge in [0.25, 0.3) is 5.91 Å². The molecule has 2 rings (SSSR count). The molecule has 24 heavy (non-hydrogen) atoms. The Morgan fingerprint density at radius 3 is 2.29 bits per heavy atom. The third-order valence-corrected chi connectivity index (χ3v) is 4.05. The summed E-state index contributed by atoms with van der Waals surface area (Å²) >= 11 is 3.21. The highest BCUT2D eigenvalue weighted by Crippen LogP contribution is 2.23. The van der Waals surface area contributed by atoms with Gasteiger partial charge in [0, 0.05) is 10.2 Å². The molecule has 5 nitrogen and oxygen atoms in total. The summed E-state index contributed by atoms with van der Waals surface area (Å²) in [6.07, 6.45) is 0. The molecule has 0 aliphatic rings. The second kappa shape index (κ2) is 7.49. The molecule has 0 fully saturated rings. The molecule has 0 aromatic heterocycles. The average molecular weight is 391 g/mol. The van der Waals surface area contributed by atoms with Gasteiger partial charge in [-0.1, -0.05) is 33.6 Å². The summed E-state index contributed by atoms with van der Waals surface area (Å²) < 4.78 is 0.666. The van der Waals surface area contributed by atoms with E-state index in [0.717, 1.165) is 22.4 Å². The Morgan fingerprint density at radius 2 is 1.71 bits per heavy atom. The maximum absolute atomic E-state index is 12.1. The number of phenolic OH excluding ortho intramolecular Hbond substituents is 1. The van der Waals surface area contributed by atoms with E-state index in [-0.39, 0.29) is 23.8 Å². The first-order valence-corrected chi connectivity index (χ1v) is 8.21. The van der Waals surface area contributed by atoms with E-state index in [1.807, 2.05) is 32.9 Å². The van der Waals surface area contributed by atoms with Crippen LogP contribution in [0.4, 0.5) is 5.69 Å². The molecule has 3 N–H and O–H groups in total. The van der Waals surface area contributed by atoms with Crippen molar-refractivity contribution in [2.75, 3.05) is 11.9 Å². The monoisotopic (exact) mass is 390 g/mol. The van der Waals surface area contributed by atoms with Gasteiger partial charge in [-0.05, 0) is 50.1 Å². The van der Waals surface area contributed by atoms with Crippen molar-refractivity contribution in [2.45, 2.75) is 20.8 Å². The summed E-state index contributed by atoms with van der Waals surface area (Å²) in [6.45, 7) is 5.67. The largest absolute Gasteiger partial charge is 0.507 e. The lowest BCUT2D eigenvalue weighted by atomic mass is 10.1. The zero-order valence-corrected chi connectivity index (χ0v) is 15.3. The highest BCUT2D eigenvalue weighted by molar-refractivity contribution is 9.10. The lowest BCUT2D eigenvalue weighted by Crippen LogP contribution is -2.33. The van der Waals surface area contributed by atoms with Crippen LogP contribution in [0.2, 0.25) is 0 Å². The van der Waals surface area contributed by atoms with E-state index in [2.05, 4.69) is 26.6 Å². The number of hydrogen-bond acceptors (Lipinski definition) is 3. The smallest absolute Gasteiger partial charge is 0.255 e. The number of anilines is 1. The van der Waals surface area contributed by atoms with E-state index >= 15 is 0 Å². The number of carbonyl (C=O) groups excluding carboxylic acids is 2. The molecule has 126 valence electrons. The maximum atomic E-state index is 12.1. The van der Waals surface area contributed by atoms with E-state index in [0.29, 0.717) is 4.47 Å². The summed E-state index contributed by atoms with van der Waals surface area (Å²) in [7, 11) is 0. The van der Waals surface area contributed by atoms with Gasteiger partial charge in [0.2, 0.25) is 5.91 Å². The highest BCUT2D eigenvalue weighted by Gasteiger charge is 2.13. The van der Waals surface area contributed by atoms with Crippen LogP contribution in [0.5, 0.6) is 5.75 Å². The van der Waals surface area contributed by atoms with E-state index < -0.39 is 5.91 Å². The number of carbonyl (C=O) groups is 2. The topological polar surface area (TPSA) is 78.4 Å². The van der Waals surface area contributed by atoms with Gasteiger partial charge in [-0.2, -0.15) is 0 Å². The second-order valence-electron chi connectivity index (χ2n) is 5.67. The molecule has 0 unspecified atom stereocenters. The lowest BCUT2D eigenvalue weighted by molar-refractivity contribution is -0.115. The van der Waals surface area contributed by atoms with E-state index in [4.69, 9.17) is 0 Å². The number of halogens is 1. The molecule has 2 amide bonds. The van der Waals surface area contributed by atoms with Gasteiger partial charge in [0.1, 0.15) is 5.75 Å². The van der Waals surface area contributed by atoms with Crippen molar-refractivity contribution in [3.05, 3.63) is 57.1 Å². The standard InChI is InChI=1S/C18H19BrN2O3/c1-10-6-11(2)17(12(3)7-10)21-16(23)9-20-18(24)14-5-4-13(19)8-15(14)22/h4-8,22H,9H2,1-3H3,(H,20,24)(H,21,23). The summed E-state index contributed by atoms with van der Waals surface area (Å²) in [5, 5.41) is 15.1. The quantitative estimate of drug-likeness (QED) is 0.747. The molecule has 0 heterocycles. The minimum Gasteiger partial charge on any atom is -0.507 e. The summed E-state index contributed by atoms with van der Waals surface area (Å²) in [4.78, 5) is 24.1. The van der Waals surface area contributed by atoms with E-state index in [1.165, 1.54) is 12.1 Å². The van der Waals surface area contributed by atoms with Crippen LogP contribution in [0.1, 0.15) is 27.0 Å². The van der Waals surface area contributed by atoms with Gasteiger partial charge in [-0.3, -0.25) is 9.59 Å². The fourth-order valence-corrected chi connectivity index (χ4v) is 2.86. The number of benzene rings is 2. The third-order valence-electron chi connectivity index (χ3n) is 3.56. The van der Waals surface area contributed by atoms with Crippen LogP contribution in [0.15, 0.2) is 34.8 Å². The number of hydrogen-bond donors (Lipinski definition) is 3. The Hall–Kier alpha value is -2.34. The van der Waals surface area contributed by atoms with Gasteiger partial charge < -0.3 is 15.7 Å². The Bertz CT molecular complexity index is 780. The highest BCUT2D eigenvalue weighted by atomic mass is 79.9. The first-order chi connectivity index (χ1) is 11.3. The molecule has 0 spiro atoms. The summed E-state index contributed by atoms with van der Waals surface area (Å²) in [5.41, 5.74) is 3.94. The van der Waals surface area contributed by atoms with Crippen LogP contribution >= 0.6 is 15.9 Å². The Labute approximate surface area is 149 Å². The number of amides is 2. The number of phenols is 1. The van der Waals surface area contributed by atoms with Crippen molar-refractivity contribution >= 4 is 33.4 Å². The van der Waals surface area contributed by atoms with Crippen LogP contribution in [-0.4, -0.2) is 23.5 Å². The fourth-order valence-electron chi connectivity index (χ4n) is 2.51. The third kappa shape index (κ3) is 4.35. The predicted octanol–water partition coefficient (Wildman–Crippen LogP) is 3.45. The Balaban J connectivity index is 2.00. The van der Waals surface area contributed by atoms with Gasteiger partial charge >= 0.3 is 0 Å². The lowest BCUT2D eigenvalue weighted by Gasteiger charge is -2.13.